The molecular formula is C26H35N5O2. The summed E-state index contributed by atoms with van der Waals surface area (Å²) in [7, 11) is 0. The summed E-state index contributed by atoms with van der Waals surface area (Å²) in [4.78, 5) is 28.9. The van der Waals surface area contributed by atoms with Crippen LogP contribution in [0.15, 0.2) is 42.7 Å². The average molecular weight is 450 g/mol. The zero-order chi connectivity index (χ0) is 22.5. The number of morpholine rings is 1. The SMILES string of the molecule is O=C(C1CCN(c2cc(N3CCOCC3)ncn2)CC1)N1CCC(Cc2ccccc2)CC1. The highest BCUT2D eigenvalue weighted by Crippen LogP contribution is 2.28. The summed E-state index contributed by atoms with van der Waals surface area (Å²) in [6.07, 6.45) is 6.83. The first-order chi connectivity index (χ1) is 16.3. The Kier molecular flexibility index (Phi) is 7.05. The number of aromatic nitrogens is 2. The van der Waals surface area contributed by atoms with Gasteiger partial charge in [-0.15, -0.1) is 0 Å². The van der Waals surface area contributed by atoms with E-state index >= 15 is 0 Å². The smallest absolute Gasteiger partial charge is 0.225 e. The van der Waals surface area contributed by atoms with Crippen LogP contribution in [0.5, 0.6) is 0 Å². The molecule has 176 valence electrons. The summed E-state index contributed by atoms with van der Waals surface area (Å²) in [5.74, 6) is 3.15. The lowest BCUT2D eigenvalue weighted by molar-refractivity contribution is -0.137. The van der Waals surface area contributed by atoms with Gasteiger partial charge in [0.25, 0.3) is 0 Å². The molecule has 3 fully saturated rings. The van der Waals surface area contributed by atoms with Crippen LogP contribution in [0.1, 0.15) is 31.2 Å². The van der Waals surface area contributed by atoms with Crippen molar-refractivity contribution in [1.29, 1.82) is 0 Å². The number of anilines is 2. The second kappa shape index (κ2) is 10.5. The maximum Gasteiger partial charge on any atom is 0.225 e. The zero-order valence-electron chi connectivity index (χ0n) is 19.4. The van der Waals surface area contributed by atoms with Crippen molar-refractivity contribution in [1.82, 2.24) is 14.9 Å². The third kappa shape index (κ3) is 5.46. The molecule has 0 spiro atoms. The number of likely N-dealkylation sites (tertiary alicyclic amines) is 1. The number of carbonyl (C=O) groups excluding carboxylic acids is 1. The molecule has 0 atom stereocenters. The Morgan fingerprint density at radius 2 is 1.48 bits per heavy atom. The molecule has 5 rings (SSSR count). The van der Waals surface area contributed by atoms with Crippen LogP contribution in [-0.2, 0) is 16.0 Å². The third-order valence-corrected chi connectivity index (χ3v) is 7.43. The molecule has 0 aliphatic carbocycles. The molecule has 4 heterocycles. The van der Waals surface area contributed by atoms with Crippen LogP contribution >= 0.6 is 0 Å². The van der Waals surface area contributed by atoms with Gasteiger partial charge in [0.1, 0.15) is 18.0 Å². The quantitative estimate of drug-likeness (QED) is 0.699. The monoisotopic (exact) mass is 449 g/mol. The summed E-state index contributed by atoms with van der Waals surface area (Å²) >= 11 is 0. The second-order valence-corrected chi connectivity index (χ2v) is 9.55. The van der Waals surface area contributed by atoms with E-state index in [1.54, 1.807) is 6.33 Å². The first-order valence-corrected chi connectivity index (χ1v) is 12.5. The normalized spacial score (nSPS) is 20.8. The summed E-state index contributed by atoms with van der Waals surface area (Å²) in [5.41, 5.74) is 1.41. The van der Waals surface area contributed by atoms with Gasteiger partial charge in [0, 0.05) is 51.3 Å². The van der Waals surface area contributed by atoms with E-state index in [2.05, 4.69) is 61.1 Å². The number of carbonyl (C=O) groups is 1. The Labute approximate surface area is 196 Å². The van der Waals surface area contributed by atoms with Crippen LogP contribution < -0.4 is 9.80 Å². The van der Waals surface area contributed by atoms with E-state index < -0.39 is 0 Å². The molecule has 3 aliphatic heterocycles. The topological polar surface area (TPSA) is 61.8 Å². The lowest BCUT2D eigenvalue weighted by Gasteiger charge is -2.38. The van der Waals surface area contributed by atoms with E-state index in [1.807, 2.05) is 0 Å². The lowest BCUT2D eigenvalue weighted by Crippen LogP contribution is -2.45. The Morgan fingerprint density at radius 1 is 0.848 bits per heavy atom. The first-order valence-electron chi connectivity index (χ1n) is 12.5. The molecule has 0 saturated carbocycles. The molecule has 7 nitrogen and oxygen atoms in total. The Morgan fingerprint density at radius 3 is 2.15 bits per heavy atom. The summed E-state index contributed by atoms with van der Waals surface area (Å²) in [6, 6.07) is 12.8. The van der Waals surface area contributed by atoms with Crippen LogP contribution in [0, 0.1) is 11.8 Å². The molecular weight excluding hydrogens is 414 g/mol. The number of rotatable bonds is 5. The number of amides is 1. The number of nitrogens with zero attached hydrogens (tertiary/aromatic N) is 5. The average Bonchev–Trinajstić information content (AvgIpc) is 2.90. The van der Waals surface area contributed by atoms with E-state index in [9.17, 15) is 4.79 Å². The van der Waals surface area contributed by atoms with Crippen molar-refractivity contribution in [3.05, 3.63) is 48.3 Å². The van der Waals surface area contributed by atoms with Gasteiger partial charge in [0.2, 0.25) is 5.91 Å². The van der Waals surface area contributed by atoms with E-state index in [0.29, 0.717) is 11.8 Å². The van der Waals surface area contributed by atoms with Crippen molar-refractivity contribution in [3.63, 3.8) is 0 Å². The van der Waals surface area contributed by atoms with Crippen LogP contribution in [0.2, 0.25) is 0 Å². The van der Waals surface area contributed by atoms with Crippen LogP contribution in [0.25, 0.3) is 0 Å². The highest BCUT2D eigenvalue weighted by molar-refractivity contribution is 5.79. The van der Waals surface area contributed by atoms with Gasteiger partial charge in [-0.2, -0.15) is 0 Å². The van der Waals surface area contributed by atoms with Gasteiger partial charge in [-0.1, -0.05) is 30.3 Å². The minimum Gasteiger partial charge on any atom is -0.378 e. The molecule has 1 amide bonds. The maximum absolute atomic E-state index is 13.2. The Bertz CT molecular complexity index is 902. The molecule has 3 saturated heterocycles. The Hall–Kier alpha value is -2.67. The third-order valence-electron chi connectivity index (χ3n) is 7.43. The van der Waals surface area contributed by atoms with Crippen LogP contribution in [-0.4, -0.2) is 73.3 Å². The predicted molar refractivity (Wildman–Crippen MR) is 129 cm³/mol. The number of hydrogen-bond donors (Lipinski definition) is 0. The van der Waals surface area contributed by atoms with Gasteiger partial charge in [-0.25, -0.2) is 9.97 Å². The largest absolute Gasteiger partial charge is 0.378 e. The number of piperidine rings is 2. The minimum absolute atomic E-state index is 0.146. The molecule has 3 aliphatic rings. The fourth-order valence-corrected chi connectivity index (χ4v) is 5.39. The van der Waals surface area contributed by atoms with Gasteiger partial charge in [0.05, 0.1) is 13.2 Å². The van der Waals surface area contributed by atoms with E-state index in [4.69, 9.17) is 4.74 Å². The highest BCUT2D eigenvalue weighted by Gasteiger charge is 2.31. The van der Waals surface area contributed by atoms with E-state index in [0.717, 1.165) is 96.2 Å². The van der Waals surface area contributed by atoms with Gasteiger partial charge < -0.3 is 19.4 Å². The number of ether oxygens (including phenoxy) is 1. The highest BCUT2D eigenvalue weighted by atomic mass is 16.5. The number of hydrogen-bond acceptors (Lipinski definition) is 6. The standard InChI is InChI=1S/C26H35N5O2/c32-26(31-10-6-22(7-11-31)18-21-4-2-1-3-5-21)23-8-12-29(13-9-23)24-19-25(28-20-27-24)30-14-16-33-17-15-30/h1-5,19-20,22-23H,6-18H2. The van der Waals surface area contributed by atoms with Crippen molar-refractivity contribution < 1.29 is 9.53 Å². The summed E-state index contributed by atoms with van der Waals surface area (Å²) in [6.45, 7) is 6.80. The molecule has 0 radical (unpaired) electrons. The molecule has 0 N–H and O–H groups in total. The van der Waals surface area contributed by atoms with Crippen molar-refractivity contribution in [2.75, 3.05) is 62.3 Å². The molecule has 1 aromatic carbocycles. The van der Waals surface area contributed by atoms with E-state index in [-0.39, 0.29) is 5.92 Å². The zero-order valence-corrected chi connectivity index (χ0v) is 19.4. The van der Waals surface area contributed by atoms with Crippen LogP contribution in [0.3, 0.4) is 0 Å². The van der Waals surface area contributed by atoms with Gasteiger partial charge >= 0.3 is 0 Å². The first kappa shape index (κ1) is 22.1. The summed E-state index contributed by atoms with van der Waals surface area (Å²) < 4.78 is 5.45. The molecule has 2 aromatic rings. The molecule has 33 heavy (non-hydrogen) atoms. The maximum atomic E-state index is 13.2. The number of benzene rings is 1. The van der Waals surface area contributed by atoms with E-state index in [1.165, 1.54) is 5.56 Å². The van der Waals surface area contributed by atoms with Crippen molar-refractivity contribution in [3.8, 4) is 0 Å². The summed E-state index contributed by atoms with van der Waals surface area (Å²) in [5, 5.41) is 0. The van der Waals surface area contributed by atoms with Crippen molar-refractivity contribution in [2.24, 2.45) is 11.8 Å². The lowest BCUT2D eigenvalue weighted by atomic mass is 9.88. The fourth-order valence-electron chi connectivity index (χ4n) is 5.39. The van der Waals surface area contributed by atoms with Crippen molar-refractivity contribution in [2.45, 2.75) is 32.1 Å². The molecule has 0 bridgehead atoms. The predicted octanol–water partition coefficient (Wildman–Crippen LogP) is 3.01. The molecule has 1 aromatic heterocycles. The van der Waals surface area contributed by atoms with Gasteiger partial charge in [0.15, 0.2) is 0 Å². The molecule has 7 heteroatoms. The minimum atomic E-state index is 0.146. The van der Waals surface area contributed by atoms with Gasteiger partial charge in [-0.05, 0) is 43.6 Å². The second-order valence-electron chi connectivity index (χ2n) is 9.55. The fraction of sp³-hybridized carbons (Fsp3) is 0.577. The van der Waals surface area contributed by atoms with Crippen LogP contribution in [0.4, 0.5) is 11.6 Å². The molecule has 0 unspecified atom stereocenters. The van der Waals surface area contributed by atoms with Gasteiger partial charge in [-0.3, -0.25) is 4.79 Å². The van der Waals surface area contributed by atoms with Crippen molar-refractivity contribution >= 4 is 17.5 Å². The Balaban J connectivity index is 1.10.